The lowest BCUT2D eigenvalue weighted by Gasteiger charge is -2.35. The Bertz CT molecular complexity index is 879. The summed E-state index contributed by atoms with van der Waals surface area (Å²) in [7, 11) is 2.01. The Labute approximate surface area is 165 Å². The van der Waals surface area contributed by atoms with E-state index in [1.54, 1.807) is 0 Å². The topological polar surface area (TPSA) is 72.4 Å². The average Bonchev–Trinajstić information content (AvgIpc) is 2.93. The number of piperidine rings is 1. The third-order valence-corrected chi connectivity index (χ3v) is 6.03. The first kappa shape index (κ1) is 18.0. The largest absolute Gasteiger partial charge is 0.368 e. The van der Waals surface area contributed by atoms with Gasteiger partial charge in [0, 0.05) is 38.9 Å². The maximum absolute atomic E-state index is 9.46. The number of thiol groups is 1. The van der Waals surface area contributed by atoms with E-state index in [0.717, 1.165) is 48.7 Å². The number of rotatable bonds is 3. The van der Waals surface area contributed by atoms with E-state index in [2.05, 4.69) is 31.8 Å². The van der Waals surface area contributed by atoms with Crippen LogP contribution in [0, 0.1) is 11.3 Å². The molecule has 6 nitrogen and oxygen atoms in total. The zero-order valence-corrected chi connectivity index (χ0v) is 16.3. The zero-order chi connectivity index (χ0) is 19.0. The van der Waals surface area contributed by atoms with Crippen molar-refractivity contribution >= 4 is 29.8 Å². The zero-order valence-electron chi connectivity index (χ0n) is 15.4. The standard InChI is InChI=1S/C20H24N6S/c1-24-19-18(17(8-9-23-19)25-10-4-7-16(22)13-25)26(20(24)27)12-15-6-3-2-5-14(15)11-21/h2-3,5-6,8-9,16,20,27H,4,7,10,12-13,22H2,1H3. The number of nitriles is 1. The molecule has 1 fully saturated rings. The maximum Gasteiger partial charge on any atom is 0.156 e. The molecule has 0 spiro atoms. The summed E-state index contributed by atoms with van der Waals surface area (Å²) >= 11 is 4.84. The first-order valence-electron chi connectivity index (χ1n) is 9.25. The fraction of sp³-hybridized carbons (Fsp3) is 0.400. The van der Waals surface area contributed by atoms with Crippen LogP contribution in [0.25, 0.3) is 0 Å². The third-order valence-electron chi connectivity index (χ3n) is 5.41. The van der Waals surface area contributed by atoms with Gasteiger partial charge in [0.25, 0.3) is 0 Å². The molecule has 3 heterocycles. The van der Waals surface area contributed by atoms with Crippen molar-refractivity contribution in [3.8, 4) is 6.07 Å². The van der Waals surface area contributed by atoms with E-state index in [4.69, 9.17) is 18.4 Å². The molecule has 2 atom stereocenters. The number of aromatic nitrogens is 1. The number of nitrogens with two attached hydrogens (primary N) is 1. The van der Waals surface area contributed by atoms with E-state index in [1.807, 2.05) is 37.5 Å². The Hall–Kier alpha value is -2.43. The molecule has 2 aromatic rings. The van der Waals surface area contributed by atoms with Gasteiger partial charge < -0.3 is 20.4 Å². The van der Waals surface area contributed by atoms with Crippen molar-refractivity contribution in [1.29, 1.82) is 5.26 Å². The fourth-order valence-corrected chi connectivity index (χ4v) is 4.30. The second-order valence-electron chi connectivity index (χ2n) is 7.20. The van der Waals surface area contributed by atoms with Crippen LogP contribution in [-0.2, 0) is 6.54 Å². The molecule has 2 unspecified atom stereocenters. The van der Waals surface area contributed by atoms with E-state index >= 15 is 0 Å². The van der Waals surface area contributed by atoms with E-state index in [1.165, 1.54) is 0 Å². The predicted octanol–water partition coefficient (Wildman–Crippen LogP) is 2.55. The van der Waals surface area contributed by atoms with Crippen LogP contribution in [0.5, 0.6) is 0 Å². The molecule has 1 aromatic carbocycles. The van der Waals surface area contributed by atoms with Gasteiger partial charge in [-0.25, -0.2) is 4.98 Å². The summed E-state index contributed by atoms with van der Waals surface area (Å²) in [5.74, 6) is 0.918. The molecule has 0 bridgehead atoms. The van der Waals surface area contributed by atoms with Gasteiger partial charge in [-0.3, -0.25) is 0 Å². The third kappa shape index (κ3) is 3.20. The van der Waals surface area contributed by atoms with Crippen LogP contribution >= 0.6 is 12.6 Å². The lowest BCUT2D eigenvalue weighted by molar-refractivity contribution is 0.506. The van der Waals surface area contributed by atoms with Gasteiger partial charge in [0.2, 0.25) is 0 Å². The van der Waals surface area contributed by atoms with Crippen molar-refractivity contribution in [2.45, 2.75) is 30.9 Å². The molecule has 2 aliphatic rings. The molecular formula is C20H24N6S. The quantitative estimate of drug-likeness (QED) is 0.798. The highest BCUT2D eigenvalue weighted by Gasteiger charge is 2.36. The van der Waals surface area contributed by atoms with Gasteiger partial charge in [-0.2, -0.15) is 5.26 Å². The number of anilines is 3. The molecule has 4 rings (SSSR count). The summed E-state index contributed by atoms with van der Waals surface area (Å²) in [6.07, 6.45) is 4.02. The van der Waals surface area contributed by atoms with E-state index in [-0.39, 0.29) is 11.5 Å². The van der Waals surface area contributed by atoms with Crippen molar-refractivity contribution < 1.29 is 0 Å². The number of hydrogen-bond donors (Lipinski definition) is 2. The molecule has 1 saturated heterocycles. The lowest BCUT2D eigenvalue weighted by atomic mass is 10.1. The second kappa shape index (κ2) is 7.29. The van der Waals surface area contributed by atoms with Gasteiger partial charge >= 0.3 is 0 Å². The van der Waals surface area contributed by atoms with Crippen molar-refractivity contribution in [2.24, 2.45) is 5.73 Å². The van der Waals surface area contributed by atoms with E-state index in [9.17, 15) is 5.26 Å². The molecular weight excluding hydrogens is 356 g/mol. The van der Waals surface area contributed by atoms with Crippen LogP contribution in [-0.4, -0.2) is 36.7 Å². The Morgan fingerprint density at radius 3 is 2.93 bits per heavy atom. The second-order valence-corrected chi connectivity index (χ2v) is 7.67. The number of hydrogen-bond acceptors (Lipinski definition) is 7. The van der Waals surface area contributed by atoms with Gasteiger partial charge in [0.15, 0.2) is 5.82 Å². The Balaban J connectivity index is 1.75. The van der Waals surface area contributed by atoms with Crippen molar-refractivity contribution in [1.82, 2.24) is 4.98 Å². The van der Waals surface area contributed by atoms with Crippen LogP contribution in [0.4, 0.5) is 17.2 Å². The van der Waals surface area contributed by atoms with Gasteiger partial charge in [0.05, 0.1) is 17.3 Å². The highest BCUT2D eigenvalue weighted by molar-refractivity contribution is 7.81. The Morgan fingerprint density at radius 1 is 1.33 bits per heavy atom. The smallest absolute Gasteiger partial charge is 0.156 e. The van der Waals surface area contributed by atoms with Gasteiger partial charge in [-0.05, 0) is 30.5 Å². The molecule has 27 heavy (non-hydrogen) atoms. The van der Waals surface area contributed by atoms with Crippen LogP contribution < -0.4 is 20.4 Å². The number of benzene rings is 1. The number of nitrogens with zero attached hydrogens (tertiary/aromatic N) is 5. The van der Waals surface area contributed by atoms with Crippen LogP contribution in [0.1, 0.15) is 24.0 Å². The normalized spacial score (nSPS) is 21.9. The molecule has 140 valence electrons. The van der Waals surface area contributed by atoms with Gasteiger partial charge in [-0.15, -0.1) is 12.6 Å². The van der Waals surface area contributed by atoms with Crippen LogP contribution in [0.3, 0.4) is 0 Å². The highest BCUT2D eigenvalue weighted by atomic mass is 32.1. The van der Waals surface area contributed by atoms with Crippen LogP contribution in [0.15, 0.2) is 36.5 Å². The molecule has 2 aliphatic heterocycles. The van der Waals surface area contributed by atoms with Gasteiger partial charge in [-0.1, -0.05) is 18.2 Å². The monoisotopic (exact) mass is 380 g/mol. The first-order valence-corrected chi connectivity index (χ1v) is 9.77. The highest BCUT2D eigenvalue weighted by Crippen LogP contribution is 2.46. The summed E-state index contributed by atoms with van der Waals surface area (Å²) in [5, 5.41) is 9.46. The van der Waals surface area contributed by atoms with Crippen molar-refractivity contribution in [2.75, 3.05) is 34.8 Å². The summed E-state index contributed by atoms with van der Waals surface area (Å²) < 4.78 is 0. The molecule has 2 N–H and O–H groups in total. The number of fused-ring (bicyclic) bond motifs is 1. The summed E-state index contributed by atoms with van der Waals surface area (Å²) in [6.45, 7) is 2.45. The van der Waals surface area contributed by atoms with E-state index < -0.39 is 0 Å². The maximum atomic E-state index is 9.46. The van der Waals surface area contributed by atoms with E-state index in [0.29, 0.717) is 12.1 Å². The summed E-state index contributed by atoms with van der Waals surface area (Å²) in [4.78, 5) is 11.3. The van der Waals surface area contributed by atoms with Crippen LogP contribution in [0.2, 0.25) is 0 Å². The minimum Gasteiger partial charge on any atom is -0.368 e. The lowest BCUT2D eigenvalue weighted by Crippen LogP contribution is -2.43. The SMILES string of the molecule is CN1c2nccc(N3CCCC(N)C3)c2N(Cc2ccccc2C#N)C1S. The molecule has 7 heteroatoms. The molecule has 1 aromatic heterocycles. The Kier molecular flexibility index (Phi) is 4.85. The minimum absolute atomic E-state index is 0.140. The number of pyridine rings is 1. The fourth-order valence-electron chi connectivity index (χ4n) is 4.00. The minimum atomic E-state index is -0.140. The van der Waals surface area contributed by atoms with Gasteiger partial charge in [0.1, 0.15) is 11.2 Å². The average molecular weight is 381 g/mol. The predicted molar refractivity (Wildman–Crippen MR) is 112 cm³/mol. The van der Waals surface area contributed by atoms with Crippen molar-refractivity contribution in [3.05, 3.63) is 47.7 Å². The molecule has 0 aliphatic carbocycles. The first-order chi connectivity index (χ1) is 13.1. The molecule has 0 radical (unpaired) electrons. The Morgan fingerprint density at radius 2 is 2.15 bits per heavy atom. The summed E-state index contributed by atoms with van der Waals surface area (Å²) in [5.41, 5.74) is 9.99. The molecule has 0 amide bonds. The molecule has 0 saturated carbocycles. The van der Waals surface area contributed by atoms with Crippen molar-refractivity contribution in [3.63, 3.8) is 0 Å². The summed E-state index contributed by atoms with van der Waals surface area (Å²) in [6, 6.07) is 12.3.